The smallest absolute Gasteiger partial charge is 0.0245 e. The SMILES string of the molecule is CN(C)C(C)(C)CSSCCN. The van der Waals surface area contributed by atoms with Gasteiger partial charge < -0.3 is 10.6 Å². The van der Waals surface area contributed by atoms with Crippen molar-refractivity contribution in [1.29, 1.82) is 0 Å². The van der Waals surface area contributed by atoms with Crippen molar-refractivity contribution in [3.05, 3.63) is 0 Å². The Hall–Kier alpha value is 0.620. The van der Waals surface area contributed by atoms with Crippen LogP contribution in [0, 0.1) is 0 Å². The Bertz CT molecular complexity index is 116. The van der Waals surface area contributed by atoms with E-state index >= 15 is 0 Å². The summed E-state index contributed by atoms with van der Waals surface area (Å²) in [6.45, 7) is 5.28. The highest BCUT2D eigenvalue weighted by molar-refractivity contribution is 8.76. The Morgan fingerprint density at radius 3 is 2.25 bits per heavy atom. The minimum absolute atomic E-state index is 0.284. The lowest BCUT2D eigenvalue weighted by molar-refractivity contribution is 0.225. The summed E-state index contributed by atoms with van der Waals surface area (Å²) in [5.74, 6) is 2.19. The van der Waals surface area contributed by atoms with Crippen molar-refractivity contribution in [1.82, 2.24) is 4.90 Å². The Morgan fingerprint density at radius 2 is 1.83 bits per heavy atom. The van der Waals surface area contributed by atoms with Gasteiger partial charge in [0.25, 0.3) is 0 Å². The second-order valence-corrected chi connectivity index (χ2v) is 6.16. The molecular weight excluding hydrogens is 188 g/mol. The zero-order valence-corrected chi connectivity index (χ0v) is 10.1. The van der Waals surface area contributed by atoms with E-state index in [-0.39, 0.29) is 5.54 Å². The average molecular weight is 208 g/mol. The molecule has 0 saturated heterocycles. The van der Waals surface area contributed by atoms with Gasteiger partial charge in [0, 0.05) is 23.6 Å². The molecule has 0 spiro atoms. The van der Waals surface area contributed by atoms with Gasteiger partial charge in [0.1, 0.15) is 0 Å². The van der Waals surface area contributed by atoms with Crippen molar-refractivity contribution in [3.63, 3.8) is 0 Å². The van der Waals surface area contributed by atoms with E-state index < -0.39 is 0 Å². The molecule has 0 amide bonds. The summed E-state index contributed by atoms with van der Waals surface area (Å²) in [6, 6.07) is 0. The van der Waals surface area contributed by atoms with Gasteiger partial charge in [-0.25, -0.2) is 0 Å². The van der Waals surface area contributed by atoms with Gasteiger partial charge in [-0.3, -0.25) is 0 Å². The molecule has 0 rings (SSSR count). The van der Waals surface area contributed by atoms with E-state index in [9.17, 15) is 0 Å². The molecule has 0 heterocycles. The number of hydrogen-bond donors (Lipinski definition) is 1. The van der Waals surface area contributed by atoms with Crippen LogP contribution in [0.1, 0.15) is 13.8 Å². The van der Waals surface area contributed by atoms with Crippen LogP contribution in [-0.2, 0) is 0 Å². The van der Waals surface area contributed by atoms with Gasteiger partial charge in [0.05, 0.1) is 0 Å². The monoisotopic (exact) mass is 208 g/mol. The van der Waals surface area contributed by atoms with Gasteiger partial charge in [-0.15, -0.1) is 0 Å². The maximum atomic E-state index is 5.39. The van der Waals surface area contributed by atoms with Crippen LogP contribution in [0.2, 0.25) is 0 Å². The molecule has 0 saturated carbocycles. The van der Waals surface area contributed by atoms with Crippen LogP contribution >= 0.6 is 21.6 Å². The Kier molecular flexibility index (Phi) is 6.45. The third kappa shape index (κ3) is 5.30. The second-order valence-electron chi connectivity index (χ2n) is 3.58. The molecule has 74 valence electrons. The average Bonchev–Trinajstić information content (AvgIpc) is 1.98. The standard InChI is InChI=1S/C8H20N2S2/c1-8(2,10(3)4)7-12-11-6-5-9/h5-7,9H2,1-4H3. The maximum Gasteiger partial charge on any atom is 0.0245 e. The number of nitrogens with two attached hydrogens (primary N) is 1. The number of hydrogen-bond acceptors (Lipinski definition) is 4. The highest BCUT2D eigenvalue weighted by atomic mass is 33.1. The lowest BCUT2D eigenvalue weighted by Crippen LogP contribution is -2.40. The predicted octanol–water partition coefficient (Wildman–Crippen LogP) is 1.67. The van der Waals surface area contributed by atoms with Crippen LogP contribution in [0.25, 0.3) is 0 Å². The van der Waals surface area contributed by atoms with E-state index in [1.54, 1.807) is 0 Å². The molecule has 4 heteroatoms. The molecule has 0 aliphatic rings. The number of rotatable bonds is 6. The molecule has 0 fully saturated rings. The topological polar surface area (TPSA) is 29.3 Å². The number of nitrogens with zero attached hydrogens (tertiary/aromatic N) is 1. The normalized spacial score (nSPS) is 12.5. The quantitative estimate of drug-likeness (QED) is 0.531. The molecule has 0 unspecified atom stereocenters. The first kappa shape index (κ1) is 12.6. The zero-order valence-electron chi connectivity index (χ0n) is 8.46. The summed E-state index contributed by atoms with van der Waals surface area (Å²) in [5, 5.41) is 0. The first-order valence-corrected chi connectivity index (χ1v) is 6.61. The van der Waals surface area contributed by atoms with Gasteiger partial charge in [0.15, 0.2) is 0 Å². The van der Waals surface area contributed by atoms with Crippen molar-refractivity contribution in [2.75, 3.05) is 32.1 Å². The Morgan fingerprint density at radius 1 is 1.25 bits per heavy atom. The maximum absolute atomic E-state index is 5.39. The van der Waals surface area contributed by atoms with E-state index in [4.69, 9.17) is 5.73 Å². The molecule has 2 N–H and O–H groups in total. The molecule has 12 heavy (non-hydrogen) atoms. The first-order chi connectivity index (χ1) is 5.50. The fourth-order valence-corrected chi connectivity index (χ4v) is 3.02. The van der Waals surface area contributed by atoms with Crippen molar-refractivity contribution in [2.45, 2.75) is 19.4 Å². The molecule has 0 bridgehead atoms. The lowest BCUT2D eigenvalue weighted by atomic mass is 10.1. The van der Waals surface area contributed by atoms with Crippen LogP contribution in [0.4, 0.5) is 0 Å². The molecule has 0 aromatic carbocycles. The second kappa shape index (κ2) is 6.13. The zero-order chi connectivity index (χ0) is 9.61. The van der Waals surface area contributed by atoms with Crippen molar-refractivity contribution in [2.24, 2.45) is 5.73 Å². The molecular formula is C8H20N2S2. The summed E-state index contributed by atoms with van der Waals surface area (Å²) in [5.41, 5.74) is 5.68. The summed E-state index contributed by atoms with van der Waals surface area (Å²) >= 11 is 0. The van der Waals surface area contributed by atoms with Crippen molar-refractivity contribution >= 4 is 21.6 Å². The minimum atomic E-state index is 0.284. The van der Waals surface area contributed by atoms with Crippen LogP contribution in [0.3, 0.4) is 0 Å². The third-order valence-electron chi connectivity index (χ3n) is 1.91. The highest BCUT2D eigenvalue weighted by Crippen LogP contribution is 2.26. The van der Waals surface area contributed by atoms with Crippen LogP contribution in [-0.4, -0.2) is 42.6 Å². The third-order valence-corrected chi connectivity index (χ3v) is 4.65. The van der Waals surface area contributed by atoms with Crippen LogP contribution < -0.4 is 5.73 Å². The summed E-state index contributed by atoms with van der Waals surface area (Å²) in [4.78, 5) is 2.25. The van der Waals surface area contributed by atoms with E-state index in [2.05, 4.69) is 32.8 Å². The van der Waals surface area contributed by atoms with E-state index in [0.717, 1.165) is 18.1 Å². The first-order valence-electron chi connectivity index (χ1n) is 4.12. The van der Waals surface area contributed by atoms with Gasteiger partial charge in [0.2, 0.25) is 0 Å². The van der Waals surface area contributed by atoms with E-state index in [1.165, 1.54) is 0 Å². The summed E-state index contributed by atoms with van der Waals surface area (Å²) < 4.78 is 0. The molecule has 0 aromatic heterocycles. The Labute approximate surface area is 84.0 Å². The van der Waals surface area contributed by atoms with Gasteiger partial charge in [-0.1, -0.05) is 21.6 Å². The minimum Gasteiger partial charge on any atom is -0.330 e. The summed E-state index contributed by atoms with van der Waals surface area (Å²) in [7, 11) is 8.01. The van der Waals surface area contributed by atoms with E-state index in [0.29, 0.717) is 0 Å². The van der Waals surface area contributed by atoms with Crippen LogP contribution in [0.15, 0.2) is 0 Å². The molecule has 0 aromatic rings. The van der Waals surface area contributed by atoms with Crippen LogP contribution in [0.5, 0.6) is 0 Å². The van der Waals surface area contributed by atoms with E-state index in [1.807, 2.05) is 21.6 Å². The predicted molar refractivity (Wildman–Crippen MR) is 61.7 cm³/mol. The molecule has 0 aliphatic heterocycles. The summed E-state index contributed by atoms with van der Waals surface area (Å²) in [6.07, 6.45) is 0. The van der Waals surface area contributed by atoms with Gasteiger partial charge >= 0.3 is 0 Å². The lowest BCUT2D eigenvalue weighted by Gasteiger charge is -2.31. The van der Waals surface area contributed by atoms with Crippen molar-refractivity contribution < 1.29 is 0 Å². The molecule has 2 nitrogen and oxygen atoms in total. The fraction of sp³-hybridized carbons (Fsp3) is 1.00. The van der Waals surface area contributed by atoms with Gasteiger partial charge in [-0.05, 0) is 27.9 Å². The highest BCUT2D eigenvalue weighted by Gasteiger charge is 2.19. The fourth-order valence-electron chi connectivity index (χ4n) is 0.422. The largest absolute Gasteiger partial charge is 0.330 e. The van der Waals surface area contributed by atoms with Crippen molar-refractivity contribution in [3.8, 4) is 0 Å². The molecule has 0 radical (unpaired) electrons. The molecule has 0 aliphatic carbocycles. The van der Waals surface area contributed by atoms with Gasteiger partial charge in [-0.2, -0.15) is 0 Å². The Balaban J connectivity index is 3.47. The molecule has 0 atom stereocenters.